The SMILES string of the molecule is NCC(c1ccccc1)C(O)c1ccc(F)c(Br)c1. The maximum atomic E-state index is 13.2. The standard InChI is InChI=1S/C15H15BrFNO/c16-13-8-11(6-7-14(13)17)15(19)12(9-18)10-4-2-1-3-5-10/h1-8,12,15,19H,9,18H2. The molecule has 0 saturated carbocycles. The second-order valence-corrected chi connectivity index (χ2v) is 5.23. The molecule has 2 aromatic rings. The van der Waals surface area contributed by atoms with Crippen LogP contribution in [0.2, 0.25) is 0 Å². The van der Waals surface area contributed by atoms with Gasteiger partial charge in [0.15, 0.2) is 0 Å². The van der Waals surface area contributed by atoms with Crippen LogP contribution >= 0.6 is 15.9 Å². The summed E-state index contributed by atoms with van der Waals surface area (Å²) in [7, 11) is 0. The highest BCUT2D eigenvalue weighted by molar-refractivity contribution is 9.10. The van der Waals surface area contributed by atoms with Gasteiger partial charge in [-0.25, -0.2) is 4.39 Å². The molecule has 0 heterocycles. The summed E-state index contributed by atoms with van der Waals surface area (Å²) in [5, 5.41) is 10.4. The lowest BCUT2D eigenvalue weighted by Crippen LogP contribution is -2.20. The molecule has 0 radical (unpaired) electrons. The normalized spacial score (nSPS) is 14.1. The van der Waals surface area contributed by atoms with E-state index < -0.39 is 6.10 Å². The molecule has 100 valence electrons. The van der Waals surface area contributed by atoms with Crippen molar-refractivity contribution in [2.45, 2.75) is 12.0 Å². The van der Waals surface area contributed by atoms with Crippen LogP contribution in [0.25, 0.3) is 0 Å². The third-order valence-corrected chi connectivity index (χ3v) is 3.76. The highest BCUT2D eigenvalue weighted by Gasteiger charge is 2.21. The van der Waals surface area contributed by atoms with Gasteiger partial charge in [0, 0.05) is 12.5 Å². The Hall–Kier alpha value is -1.23. The Balaban J connectivity index is 2.30. The summed E-state index contributed by atoms with van der Waals surface area (Å²) in [5.74, 6) is -0.557. The Labute approximate surface area is 120 Å². The van der Waals surface area contributed by atoms with E-state index in [4.69, 9.17) is 5.73 Å². The molecule has 0 aliphatic carbocycles. The molecule has 4 heteroatoms. The van der Waals surface area contributed by atoms with Crippen molar-refractivity contribution in [3.05, 3.63) is 69.9 Å². The van der Waals surface area contributed by atoms with Gasteiger partial charge < -0.3 is 10.8 Å². The van der Waals surface area contributed by atoms with Crippen LogP contribution in [0, 0.1) is 5.82 Å². The number of benzene rings is 2. The van der Waals surface area contributed by atoms with E-state index in [9.17, 15) is 9.50 Å². The van der Waals surface area contributed by atoms with Crippen molar-refractivity contribution < 1.29 is 9.50 Å². The minimum absolute atomic E-state index is 0.210. The van der Waals surface area contributed by atoms with Gasteiger partial charge in [-0.15, -0.1) is 0 Å². The van der Waals surface area contributed by atoms with Gasteiger partial charge in [-0.2, -0.15) is 0 Å². The van der Waals surface area contributed by atoms with Crippen molar-refractivity contribution in [3.8, 4) is 0 Å². The summed E-state index contributed by atoms with van der Waals surface area (Å²) < 4.78 is 13.6. The fourth-order valence-electron chi connectivity index (χ4n) is 2.08. The molecule has 0 spiro atoms. The number of nitrogens with two attached hydrogens (primary N) is 1. The van der Waals surface area contributed by atoms with Gasteiger partial charge in [0.05, 0.1) is 10.6 Å². The van der Waals surface area contributed by atoms with Crippen LogP contribution in [0.3, 0.4) is 0 Å². The number of hydrogen-bond acceptors (Lipinski definition) is 2. The van der Waals surface area contributed by atoms with E-state index in [1.165, 1.54) is 6.07 Å². The number of halogens is 2. The Morgan fingerprint density at radius 1 is 1.11 bits per heavy atom. The Morgan fingerprint density at radius 3 is 2.37 bits per heavy atom. The van der Waals surface area contributed by atoms with Crippen molar-refractivity contribution in [2.75, 3.05) is 6.54 Å². The highest BCUT2D eigenvalue weighted by Crippen LogP contribution is 2.31. The fourth-order valence-corrected chi connectivity index (χ4v) is 2.47. The van der Waals surface area contributed by atoms with Crippen molar-refractivity contribution in [1.82, 2.24) is 0 Å². The lowest BCUT2D eigenvalue weighted by atomic mass is 9.89. The topological polar surface area (TPSA) is 46.2 Å². The fraction of sp³-hybridized carbons (Fsp3) is 0.200. The van der Waals surface area contributed by atoms with E-state index in [2.05, 4.69) is 15.9 Å². The van der Waals surface area contributed by atoms with Crippen LogP contribution in [0.1, 0.15) is 23.1 Å². The molecule has 2 unspecified atom stereocenters. The average molecular weight is 324 g/mol. The molecule has 0 aliphatic rings. The largest absolute Gasteiger partial charge is 0.388 e. The molecule has 0 aromatic heterocycles. The second-order valence-electron chi connectivity index (χ2n) is 4.37. The number of hydrogen-bond donors (Lipinski definition) is 2. The lowest BCUT2D eigenvalue weighted by Gasteiger charge is -2.22. The van der Waals surface area contributed by atoms with E-state index in [0.717, 1.165) is 5.56 Å². The predicted octanol–water partition coefficient (Wildman–Crippen LogP) is 3.36. The molecule has 2 nitrogen and oxygen atoms in total. The zero-order valence-corrected chi connectivity index (χ0v) is 11.8. The molecule has 2 aromatic carbocycles. The monoisotopic (exact) mass is 323 g/mol. The summed E-state index contributed by atoms with van der Waals surface area (Å²) in [6.45, 7) is 0.320. The van der Waals surface area contributed by atoms with Gasteiger partial charge in [0.1, 0.15) is 5.82 Å². The van der Waals surface area contributed by atoms with Gasteiger partial charge in [-0.3, -0.25) is 0 Å². The first kappa shape index (κ1) is 14.2. The van der Waals surface area contributed by atoms with Crippen molar-refractivity contribution in [2.24, 2.45) is 5.73 Å². The summed E-state index contributed by atoms with van der Waals surface area (Å²) >= 11 is 3.12. The Bertz CT molecular complexity index is 547. The summed E-state index contributed by atoms with van der Waals surface area (Å²) in [5.41, 5.74) is 7.38. The Kier molecular flexibility index (Phi) is 4.69. The smallest absolute Gasteiger partial charge is 0.137 e. The van der Waals surface area contributed by atoms with Crippen molar-refractivity contribution in [3.63, 3.8) is 0 Å². The van der Waals surface area contributed by atoms with Gasteiger partial charge >= 0.3 is 0 Å². The summed E-state index contributed by atoms with van der Waals surface area (Å²) in [4.78, 5) is 0. The van der Waals surface area contributed by atoms with Crippen LogP contribution in [-0.4, -0.2) is 11.7 Å². The van der Waals surface area contributed by atoms with Crippen LogP contribution in [0.15, 0.2) is 53.0 Å². The molecule has 0 fully saturated rings. The zero-order valence-electron chi connectivity index (χ0n) is 10.3. The summed E-state index contributed by atoms with van der Waals surface area (Å²) in [6, 6.07) is 14.1. The van der Waals surface area contributed by atoms with Crippen LogP contribution in [0.5, 0.6) is 0 Å². The van der Waals surface area contributed by atoms with E-state index in [1.54, 1.807) is 12.1 Å². The molecule has 2 rings (SSSR count). The quantitative estimate of drug-likeness (QED) is 0.906. The van der Waals surface area contributed by atoms with E-state index in [1.807, 2.05) is 30.3 Å². The molecule has 0 aliphatic heterocycles. The van der Waals surface area contributed by atoms with Gasteiger partial charge in [0.2, 0.25) is 0 Å². The second kappa shape index (κ2) is 6.28. The third-order valence-electron chi connectivity index (χ3n) is 3.15. The first-order chi connectivity index (χ1) is 9.13. The van der Waals surface area contributed by atoms with Crippen molar-refractivity contribution in [1.29, 1.82) is 0 Å². The highest BCUT2D eigenvalue weighted by atomic mass is 79.9. The van der Waals surface area contributed by atoms with Crippen LogP contribution in [-0.2, 0) is 0 Å². The van der Waals surface area contributed by atoms with E-state index >= 15 is 0 Å². The van der Waals surface area contributed by atoms with Crippen molar-refractivity contribution >= 4 is 15.9 Å². The first-order valence-electron chi connectivity index (χ1n) is 6.01. The first-order valence-corrected chi connectivity index (χ1v) is 6.81. The zero-order chi connectivity index (χ0) is 13.8. The van der Waals surface area contributed by atoms with Crippen LogP contribution in [0.4, 0.5) is 4.39 Å². The molecule has 19 heavy (non-hydrogen) atoms. The average Bonchev–Trinajstić information content (AvgIpc) is 2.44. The molecule has 0 bridgehead atoms. The van der Waals surface area contributed by atoms with Gasteiger partial charge in [-0.1, -0.05) is 36.4 Å². The number of rotatable bonds is 4. The Morgan fingerprint density at radius 2 is 1.79 bits per heavy atom. The number of aliphatic hydroxyl groups is 1. The molecular formula is C15H15BrFNO. The van der Waals surface area contributed by atoms with E-state index in [0.29, 0.717) is 16.6 Å². The van der Waals surface area contributed by atoms with E-state index in [-0.39, 0.29) is 11.7 Å². The van der Waals surface area contributed by atoms with Crippen LogP contribution < -0.4 is 5.73 Å². The summed E-state index contributed by atoms with van der Waals surface area (Å²) in [6.07, 6.45) is -0.760. The molecule has 0 amide bonds. The predicted molar refractivity (Wildman–Crippen MR) is 77.3 cm³/mol. The number of aliphatic hydroxyl groups excluding tert-OH is 1. The van der Waals surface area contributed by atoms with Gasteiger partial charge in [-0.05, 0) is 39.2 Å². The molecule has 0 saturated heterocycles. The molecule has 3 N–H and O–H groups in total. The molecule has 2 atom stereocenters. The minimum atomic E-state index is -0.760. The lowest BCUT2D eigenvalue weighted by molar-refractivity contribution is 0.147. The third kappa shape index (κ3) is 3.21. The maximum Gasteiger partial charge on any atom is 0.137 e. The van der Waals surface area contributed by atoms with Gasteiger partial charge in [0.25, 0.3) is 0 Å². The minimum Gasteiger partial charge on any atom is -0.388 e. The maximum absolute atomic E-state index is 13.2. The molecular weight excluding hydrogens is 309 g/mol.